The minimum Gasteiger partial charge on any atom is -0.355 e. The van der Waals surface area contributed by atoms with E-state index in [1.54, 1.807) is 18.2 Å². The third-order valence-corrected chi connectivity index (χ3v) is 5.44. The highest BCUT2D eigenvalue weighted by molar-refractivity contribution is 6.00. The number of rotatable bonds is 4. The standard InChI is InChI=1S/C24H24F3N5O/c25-24(26,27)18-8-6-10-20(16-18)29-23(33)28-19-9-5-7-17(15-19)21-11-12-22(31-30-21)32-13-3-1-2-4-14-32/h5-12,15-16H,1-4,13-14H2,(H2,28,29,33). The maximum absolute atomic E-state index is 12.9. The van der Waals surface area contributed by atoms with Gasteiger partial charge in [-0.1, -0.05) is 31.0 Å². The van der Waals surface area contributed by atoms with E-state index >= 15 is 0 Å². The number of benzene rings is 2. The Labute approximate surface area is 189 Å². The maximum atomic E-state index is 12.9. The normalized spacial score (nSPS) is 14.5. The quantitative estimate of drug-likeness (QED) is 0.492. The predicted molar refractivity (Wildman–Crippen MR) is 122 cm³/mol. The second-order valence-corrected chi connectivity index (χ2v) is 7.92. The largest absolute Gasteiger partial charge is 0.416 e. The molecule has 1 fully saturated rings. The Kier molecular flexibility index (Phi) is 6.76. The van der Waals surface area contributed by atoms with Crippen LogP contribution in [-0.4, -0.2) is 29.3 Å². The molecule has 2 N–H and O–H groups in total. The van der Waals surface area contributed by atoms with Gasteiger partial charge in [-0.15, -0.1) is 10.2 Å². The van der Waals surface area contributed by atoms with E-state index in [2.05, 4.69) is 25.7 Å². The molecule has 2 heterocycles. The van der Waals surface area contributed by atoms with E-state index in [1.165, 1.54) is 25.0 Å². The lowest BCUT2D eigenvalue weighted by atomic mass is 10.1. The third kappa shape index (κ3) is 6.00. The van der Waals surface area contributed by atoms with Crippen LogP contribution in [0.5, 0.6) is 0 Å². The summed E-state index contributed by atoms with van der Waals surface area (Å²) in [4.78, 5) is 14.6. The molecule has 172 valence electrons. The van der Waals surface area contributed by atoms with Gasteiger partial charge in [-0.3, -0.25) is 0 Å². The summed E-state index contributed by atoms with van der Waals surface area (Å²) < 4.78 is 38.6. The molecule has 1 aliphatic heterocycles. The van der Waals surface area contributed by atoms with Crippen LogP contribution in [0, 0.1) is 0 Å². The molecule has 1 aliphatic rings. The van der Waals surface area contributed by atoms with E-state index < -0.39 is 17.8 Å². The van der Waals surface area contributed by atoms with Gasteiger partial charge in [-0.05, 0) is 55.3 Å². The molecule has 0 bridgehead atoms. The zero-order valence-corrected chi connectivity index (χ0v) is 17.9. The van der Waals surface area contributed by atoms with Crippen molar-refractivity contribution in [3.63, 3.8) is 0 Å². The minimum atomic E-state index is -4.48. The first-order valence-electron chi connectivity index (χ1n) is 10.8. The van der Waals surface area contributed by atoms with Crippen molar-refractivity contribution in [1.82, 2.24) is 10.2 Å². The van der Waals surface area contributed by atoms with Crippen molar-refractivity contribution >= 4 is 23.2 Å². The summed E-state index contributed by atoms with van der Waals surface area (Å²) >= 11 is 0. The molecular formula is C24H24F3N5O. The SMILES string of the molecule is O=C(Nc1cccc(-c2ccc(N3CCCCCC3)nn2)c1)Nc1cccc(C(F)(F)F)c1. The zero-order chi connectivity index (χ0) is 23.3. The van der Waals surface area contributed by atoms with Crippen molar-refractivity contribution in [3.8, 4) is 11.3 Å². The molecule has 0 radical (unpaired) electrons. The fraction of sp³-hybridized carbons (Fsp3) is 0.292. The number of anilines is 3. The van der Waals surface area contributed by atoms with Gasteiger partial charge in [-0.2, -0.15) is 13.2 Å². The summed E-state index contributed by atoms with van der Waals surface area (Å²) in [5.74, 6) is 0.857. The van der Waals surface area contributed by atoms with Crippen molar-refractivity contribution in [3.05, 3.63) is 66.2 Å². The van der Waals surface area contributed by atoms with Gasteiger partial charge in [0.05, 0.1) is 11.3 Å². The van der Waals surface area contributed by atoms with Crippen molar-refractivity contribution in [2.24, 2.45) is 0 Å². The van der Waals surface area contributed by atoms with E-state index in [1.807, 2.05) is 18.2 Å². The summed E-state index contributed by atoms with van der Waals surface area (Å²) in [5.41, 5.74) is 1.13. The number of urea groups is 1. The van der Waals surface area contributed by atoms with Crippen LogP contribution in [0.25, 0.3) is 11.3 Å². The Hall–Kier alpha value is -3.62. The Morgan fingerprint density at radius 1 is 0.818 bits per heavy atom. The van der Waals surface area contributed by atoms with Gasteiger partial charge in [0.25, 0.3) is 0 Å². The molecule has 0 atom stereocenters. The number of nitrogens with zero attached hydrogens (tertiary/aromatic N) is 3. The van der Waals surface area contributed by atoms with E-state index in [4.69, 9.17) is 0 Å². The van der Waals surface area contributed by atoms with Crippen LogP contribution < -0.4 is 15.5 Å². The van der Waals surface area contributed by atoms with Crippen LogP contribution in [0.4, 0.5) is 35.2 Å². The molecule has 0 saturated carbocycles. The summed E-state index contributed by atoms with van der Waals surface area (Å²) in [6.07, 6.45) is 0.304. The molecular weight excluding hydrogens is 431 g/mol. The molecule has 0 spiro atoms. The molecule has 0 aliphatic carbocycles. The predicted octanol–water partition coefficient (Wildman–Crippen LogP) is 6.19. The van der Waals surface area contributed by atoms with Crippen LogP contribution in [0.3, 0.4) is 0 Å². The molecule has 2 amide bonds. The van der Waals surface area contributed by atoms with Gasteiger partial charge < -0.3 is 15.5 Å². The van der Waals surface area contributed by atoms with Gasteiger partial charge in [0.2, 0.25) is 0 Å². The summed E-state index contributed by atoms with van der Waals surface area (Å²) in [6, 6.07) is 14.7. The lowest BCUT2D eigenvalue weighted by molar-refractivity contribution is -0.137. The van der Waals surface area contributed by atoms with Crippen LogP contribution in [0.1, 0.15) is 31.2 Å². The van der Waals surface area contributed by atoms with Gasteiger partial charge in [0.15, 0.2) is 5.82 Å². The molecule has 1 saturated heterocycles. The Bertz CT molecular complexity index is 1090. The smallest absolute Gasteiger partial charge is 0.355 e. The van der Waals surface area contributed by atoms with Gasteiger partial charge in [0, 0.05) is 30.0 Å². The van der Waals surface area contributed by atoms with Gasteiger partial charge in [-0.25, -0.2) is 4.79 Å². The average Bonchev–Trinajstić information content (AvgIpc) is 3.09. The van der Waals surface area contributed by atoms with Crippen LogP contribution in [0.15, 0.2) is 60.7 Å². The fourth-order valence-electron chi connectivity index (χ4n) is 3.77. The second-order valence-electron chi connectivity index (χ2n) is 7.92. The van der Waals surface area contributed by atoms with E-state index in [0.717, 1.165) is 49.4 Å². The topological polar surface area (TPSA) is 70.2 Å². The summed E-state index contributed by atoms with van der Waals surface area (Å²) in [5, 5.41) is 13.8. The maximum Gasteiger partial charge on any atom is 0.416 e. The number of carbonyl (C=O) groups is 1. The molecule has 0 unspecified atom stereocenters. The molecule has 33 heavy (non-hydrogen) atoms. The minimum absolute atomic E-state index is 0.0495. The highest BCUT2D eigenvalue weighted by Crippen LogP contribution is 2.30. The number of aromatic nitrogens is 2. The number of hydrogen-bond donors (Lipinski definition) is 2. The highest BCUT2D eigenvalue weighted by atomic mass is 19.4. The second kappa shape index (κ2) is 9.89. The van der Waals surface area contributed by atoms with E-state index in [0.29, 0.717) is 11.4 Å². The molecule has 3 aromatic rings. The third-order valence-electron chi connectivity index (χ3n) is 5.44. The molecule has 1 aromatic heterocycles. The first kappa shape index (κ1) is 22.6. The zero-order valence-electron chi connectivity index (χ0n) is 17.9. The first-order valence-corrected chi connectivity index (χ1v) is 10.8. The van der Waals surface area contributed by atoms with E-state index in [-0.39, 0.29) is 5.69 Å². The first-order chi connectivity index (χ1) is 15.9. The van der Waals surface area contributed by atoms with Crippen molar-refractivity contribution < 1.29 is 18.0 Å². The van der Waals surface area contributed by atoms with Crippen molar-refractivity contribution in [2.45, 2.75) is 31.9 Å². The highest BCUT2D eigenvalue weighted by Gasteiger charge is 2.30. The summed E-state index contributed by atoms with van der Waals surface area (Å²) in [6.45, 7) is 1.96. The lowest BCUT2D eigenvalue weighted by Crippen LogP contribution is -2.25. The van der Waals surface area contributed by atoms with Gasteiger partial charge in [0.1, 0.15) is 0 Å². The average molecular weight is 455 g/mol. The van der Waals surface area contributed by atoms with Crippen molar-refractivity contribution in [2.75, 3.05) is 28.6 Å². The van der Waals surface area contributed by atoms with Gasteiger partial charge >= 0.3 is 12.2 Å². The number of halogens is 3. The number of carbonyl (C=O) groups excluding carboxylic acids is 1. The number of hydrogen-bond acceptors (Lipinski definition) is 4. The van der Waals surface area contributed by atoms with Crippen LogP contribution >= 0.6 is 0 Å². The number of alkyl halides is 3. The molecule has 4 rings (SSSR count). The lowest BCUT2D eigenvalue weighted by Gasteiger charge is -2.20. The van der Waals surface area contributed by atoms with E-state index in [9.17, 15) is 18.0 Å². The molecule has 9 heteroatoms. The number of amides is 2. The Morgan fingerprint density at radius 3 is 2.12 bits per heavy atom. The fourth-order valence-corrected chi connectivity index (χ4v) is 3.77. The molecule has 2 aromatic carbocycles. The Morgan fingerprint density at radius 2 is 1.48 bits per heavy atom. The Balaban J connectivity index is 1.42. The summed E-state index contributed by atoms with van der Waals surface area (Å²) in [7, 11) is 0. The van der Waals surface area contributed by atoms with Crippen molar-refractivity contribution in [1.29, 1.82) is 0 Å². The number of nitrogens with one attached hydrogen (secondary N) is 2. The van der Waals surface area contributed by atoms with Crippen LogP contribution in [-0.2, 0) is 6.18 Å². The monoisotopic (exact) mass is 455 g/mol. The molecule has 6 nitrogen and oxygen atoms in total. The van der Waals surface area contributed by atoms with Crippen LogP contribution in [0.2, 0.25) is 0 Å².